The lowest BCUT2D eigenvalue weighted by Gasteiger charge is -2.39. The van der Waals surface area contributed by atoms with E-state index in [0.717, 1.165) is 133 Å². The van der Waals surface area contributed by atoms with Gasteiger partial charge in [-0.2, -0.15) is 9.36 Å². The summed E-state index contributed by atoms with van der Waals surface area (Å²) in [5.41, 5.74) is 11.2. The SMILES string of the molecule is COc1ccccc1[C@@H](c1nnnn1-c1c(C)cccc1C)N1CCN(C/C=C/c2ccccc2)CC1.COc1ccccc1[C@H](c1nnnn1-c1c(C)cccc1C)N1CCN(C/C=C/c2ccccc2)CC1. The molecule has 2 aromatic heterocycles. The van der Waals surface area contributed by atoms with Crippen LogP contribution in [0.1, 0.15) is 68.2 Å². The molecule has 0 N–H and O–H groups in total. The van der Waals surface area contributed by atoms with E-state index in [0.29, 0.717) is 0 Å². The van der Waals surface area contributed by atoms with Gasteiger partial charge in [-0.3, -0.25) is 19.6 Å². The average Bonchev–Trinajstić information content (AvgIpc) is 4.12. The first-order valence-electron chi connectivity index (χ1n) is 25.6. The minimum Gasteiger partial charge on any atom is -0.496 e. The Kier molecular flexibility index (Phi) is 17.2. The van der Waals surface area contributed by atoms with Crippen molar-refractivity contribution in [2.45, 2.75) is 39.8 Å². The summed E-state index contributed by atoms with van der Waals surface area (Å²) in [6.45, 7) is 17.8. The van der Waals surface area contributed by atoms with Crippen LogP contribution in [0.5, 0.6) is 11.5 Å². The zero-order valence-corrected chi connectivity index (χ0v) is 43.6. The summed E-state index contributed by atoms with van der Waals surface area (Å²) in [4.78, 5) is 9.93. The second kappa shape index (κ2) is 24.9. The van der Waals surface area contributed by atoms with Crippen molar-refractivity contribution in [3.63, 3.8) is 0 Å². The van der Waals surface area contributed by atoms with Crippen LogP contribution in [0.2, 0.25) is 0 Å². The van der Waals surface area contributed by atoms with Gasteiger partial charge in [-0.1, -0.05) is 158 Å². The molecular formula is C60H68N12O2. The summed E-state index contributed by atoms with van der Waals surface area (Å²) in [5.74, 6) is 3.30. The Morgan fingerprint density at radius 2 is 0.784 bits per heavy atom. The number of ether oxygens (including phenoxy) is 2. The Hall–Kier alpha value is -7.62. The predicted octanol–water partition coefficient (Wildman–Crippen LogP) is 9.42. The molecule has 6 aromatic carbocycles. The smallest absolute Gasteiger partial charge is 0.178 e. The van der Waals surface area contributed by atoms with Crippen molar-refractivity contribution in [2.24, 2.45) is 0 Å². The molecule has 2 aliphatic heterocycles. The third kappa shape index (κ3) is 12.1. The van der Waals surface area contributed by atoms with E-state index in [2.05, 4.69) is 212 Å². The lowest BCUT2D eigenvalue weighted by molar-refractivity contribution is 0.112. The van der Waals surface area contributed by atoms with Gasteiger partial charge in [0.15, 0.2) is 11.6 Å². The number of nitrogens with zero attached hydrogens (tertiary/aromatic N) is 12. The first-order valence-corrected chi connectivity index (χ1v) is 25.6. The molecule has 0 saturated carbocycles. The van der Waals surface area contributed by atoms with Gasteiger partial charge in [0, 0.05) is 76.6 Å². The van der Waals surface area contributed by atoms with E-state index in [-0.39, 0.29) is 12.1 Å². The Bertz CT molecular complexity index is 2850. The van der Waals surface area contributed by atoms with Gasteiger partial charge < -0.3 is 9.47 Å². The summed E-state index contributed by atoms with van der Waals surface area (Å²) in [7, 11) is 3.45. The van der Waals surface area contributed by atoms with Crippen molar-refractivity contribution in [3.05, 3.63) is 214 Å². The second-order valence-corrected chi connectivity index (χ2v) is 19.0. The van der Waals surface area contributed by atoms with E-state index < -0.39 is 0 Å². The van der Waals surface area contributed by atoms with E-state index in [9.17, 15) is 0 Å². The van der Waals surface area contributed by atoms with Crippen molar-refractivity contribution < 1.29 is 9.47 Å². The highest BCUT2D eigenvalue weighted by Crippen LogP contribution is 2.37. The highest BCUT2D eigenvalue weighted by molar-refractivity contribution is 5.51. The van der Waals surface area contributed by atoms with Crippen molar-refractivity contribution >= 4 is 12.2 Å². The van der Waals surface area contributed by atoms with Gasteiger partial charge in [0.2, 0.25) is 0 Å². The third-order valence-electron chi connectivity index (χ3n) is 14.1. The fourth-order valence-electron chi connectivity index (χ4n) is 10.3. The average molecular weight is 989 g/mol. The standard InChI is InChI=1S/2C30H34N6O/c2*1-23-11-9-12-24(2)28(23)36-30(31-32-33-36)29(26-16-7-8-17-27(26)37-3)35-21-19-34(20-22-35)18-10-15-25-13-5-4-6-14-25/h2*4-17,29H,18-22H2,1-3H3/b2*15-10+/t2*29-/m10/s1. The van der Waals surface area contributed by atoms with E-state index in [1.807, 2.05) is 45.8 Å². The van der Waals surface area contributed by atoms with Gasteiger partial charge >= 0.3 is 0 Å². The van der Waals surface area contributed by atoms with Crippen LogP contribution in [0, 0.1) is 27.7 Å². The number of rotatable bonds is 16. The molecule has 380 valence electrons. The zero-order chi connectivity index (χ0) is 51.2. The quantitative estimate of drug-likeness (QED) is 0.0918. The molecule has 74 heavy (non-hydrogen) atoms. The number of methoxy groups -OCH3 is 2. The molecule has 8 aromatic rings. The number of aryl methyl sites for hydroxylation is 4. The van der Waals surface area contributed by atoms with Crippen molar-refractivity contribution in [3.8, 4) is 22.9 Å². The van der Waals surface area contributed by atoms with E-state index in [1.54, 1.807) is 14.2 Å². The summed E-state index contributed by atoms with van der Waals surface area (Å²) in [6, 6.07) is 49.6. The Labute approximate surface area is 436 Å². The van der Waals surface area contributed by atoms with Crippen molar-refractivity contribution in [1.29, 1.82) is 0 Å². The van der Waals surface area contributed by atoms with Gasteiger partial charge in [-0.25, -0.2) is 0 Å². The second-order valence-electron chi connectivity index (χ2n) is 19.0. The lowest BCUT2D eigenvalue weighted by atomic mass is 10.0. The molecule has 0 aliphatic carbocycles. The highest BCUT2D eigenvalue weighted by Gasteiger charge is 2.35. The summed E-state index contributed by atoms with van der Waals surface area (Å²) >= 11 is 0. The highest BCUT2D eigenvalue weighted by atomic mass is 16.5. The molecule has 2 aliphatic rings. The van der Waals surface area contributed by atoms with E-state index in [4.69, 9.17) is 9.47 Å². The van der Waals surface area contributed by atoms with Crippen LogP contribution in [0.15, 0.2) is 158 Å². The van der Waals surface area contributed by atoms with Crippen LogP contribution in [0.4, 0.5) is 0 Å². The van der Waals surface area contributed by atoms with E-state index in [1.165, 1.54) is 11.1 Å². The number of hydrogen-bond acceptors (Lipinski definition) is 12. The van der Waals surface area contributed by atoms with Crippen molar-refractivity contribution in [2.75, 3.05) is 79.7 Å². The monoisotopic (exact) mass is 989 g/mol. The maximum atomic E-state index is 5.80. The molecule has 0 amide bonds. The molecule has 10 rings (SSSR count). The largest absolute Gasteiger partial charge is 0.496 e. The summed E-state index contributed by atoms with van der Waals surface area (Å²) in [5, 5.41) is 26.4. The molecule has 0 unspecified atom stereocenters. The fourth-order valence-corrected chi connectivity index (χ4v) is 10.3. The molecule has 2 fully saturated rings. The van der Waals surface area contributed by atoms with Crippen LogP contribution in [-0.2, 0) is 0 Å². The Balaban J connectivity index is 0.000000182. The van der Waals surface area contributed by atoms with Gasteiger partial charge in [0.25, 0.3) is 0 Å². The predicted molar refractivity (Wildman–Crippen MR) is 294 cm³/mol. The molecule has 2 saturated heterocycles. The van der Waals surface area contributed by atoms with Crippen LogP contribution in [0.3, 0.4) is 0 Å². The summed E-state index contributed by atoms with van der Waals surface area (Å²) < 4.78 is 15.4. The van der Waals surface area contributed by atoms with Crippen LogP contribution >= 0.6 is 0 Å². The minimum absolute atomic E-state index is 0.132. The molecule has 0 radical (unpaired) electrons. The molecule has 0 spiro atoms. The number of hydrogen-bond donors (Lipinski definition) is 0. The molecule has 4 heterocycles. The van der Waals surface area contributed by atoms with Crippen molar-refractivity contribution in [1.82, 2.24) is 60.0 Å². The molecular weight excluding hydrogens is 921 g/mol. The number of tetrazole rings is 2. The van der Waals surface area contributed by atoms with Crippen LogP contribution < -0.4 is 9.47 Å². The third-order valence-corrected chi connectivity index (χ3v) is 14.1. The summed E-state index contributed by atoms with van der Waals surface area (Å²) in [6.07, 6.45) is 8.90. The fraction of sp³-hybridized carbons (Fsp3) is 0.300. The first kappa shape index (κ1) is 51.3. The lowest BCUT2D eigenvalue weighted by Crippen LogP contribution is -2.48. The molecule has 14 nitrogen and oxygen atoms in total. The molecule has 14 heteroatoms. The molecule has 0 bridgehead atoms. The maximum absolute atomic E-state index is 5.80. The Morgan fingerprint density at radius 3 is 1.15 bits per heavy atom. The van der Waals surface area contributed by atoms with Gasteiger partial charge in [0.05, 0.1) is 25.6 Å². The van der Waals surface area contributed by atoms with E-state index >= 15 is 0 Å². The first-order chi connectivity index (χ1) is 36.3. The minimum atomic E-state index is -0.132. The number of aromatic nitrogens is 8. The Morgan fingerprint density at radius 1 is 0.432 bits per heavy atom. The van der Waals surface area contributed by atoms with Crippen LogP contribution in [0.25, 0.3) is 23.5 Å². The maximum Gasteiger partial charge on any atom is 0.178 e. The van der Waals surface area contributed by atoms with Gasteiger partial charge in [0.1, 0.15) is 23.6 Å². The number of para-hydroxylation sites is 4. The topological polar surface area (TPSA) is 119 Å². The zero-order valence-electron chi connectivity index (χ0n) is 43.6. The number of benzene rings is 6. The number of piperazine rings is 2. The molecule has 2 atom stereocenters. The normalized spacial score (nSPS) is 15.8. The van der Waals surface area contributed by atoms with Gasteiger partial charge in [-0.15, -0.1) is 10.2 Å². The van der Waals surface area contributed by atoms with Crippen LogP contribution in [-0.4, -0.2) is 140 Å². The van der Waals surface area contributed by atoms with Gasteiger partial charge in [-0.05, 0) is 94.1 Å².